The Morgan fingerprint density at radius 3 is 2.33 bits per heavy atom. The van der Waals surface area contributed by atoms with Crippen LogP contribution >= 0.6 is 11.8 Å². The van der Waals surface area contributed by atoms with Gasteiger partial charge in [0.2, 0.25) is 5.12 Å². The maximum Gasteiger partial charge on any atom is 0.534 e. The van der Waals surface area contributed by atoms with Crippen LogP contribution in [-0.4, -0.2) is 24.8 Å². The monoisotopic (exact) mass is 416 g/mol. The topological polar surface area (TPSA) is 77.5 Å². The van der Waals surface area contributed by atoms with Crippen molar-refractivity contribution in [3.8, 4) is 5.75 Å². The van der Waals surface area contributed by atoms with Crippen molar-refractivity contribution in [1.29, 1.82) is 0 Å². The van der Waals surface area contributed by atoms with E-state index in [9.17, 15) is 31.2 Å². The molecule has 0 saturated carbocycles. The molecule has 5 nitrogen and oxygen atoms in total. The third-order valence-electron chi connectivity index (χ3n) is 3.82. The van der Waals surface area contributed by atoms with Gasteiger partial charge in [0.1, 0.15) is 0 Å². The van der Waals surface area contributed by atoms with Crippen molar-refractivity contribution in [2.45, 2.75) is 23.2 Å². The molecule has 1 aliphatic carbocycles. The van der Waals surface area contributed by atoms with Gasteiger partial charge in [0.25, 0.3) is 0 Å². The molecule has 0 atom stereocenters. The first kappa shape index (κ1) is 19.4. The fraction of sp³-hybridized carbons (Fsp3) is 0.176. The lowest BCUT2D eigenvalue weighted by Gasteiger charge is -2.15. The van der Waals surface area contributed by atoms with Gasteiger partial charge in [-0.3, -0.25) is 9.59 Å². The maximum atomic E-state index is 12.7. The number of carbonyl (C=O) groups excluding carboxylic acids is 2. The summed E-state index contributed by atoms with van der Waals surface area (Å²) in [5.41, 5.74) is -5.60. The molecule has 3 rings (SSSR count). The largest absolute Gasteiger partial charge is 0.534 e. The molecule has 10 heteroatoms. The predicted octanol–water partition coefficient (Wildman–Crippen LogP) is 3.98. The summed E-state index contributed by atoms with van der Waals surface area (Å²) in [5.74, 6) is -1.01. The number of fused-ring (bicyclic) bond motifs is 1. The molecule has 2 aromatic carbocycles. The van der Waals surface area contributed by atoms with E-state index in [4.69, 9.17) is 0 Å². The third-order valence-corrected chi connectivity index (χ3v) is 5.68. The van der Waals surface area contributed by atoms with E-state index >= 15 is 0 Å². The third kappa shape index (κ3) is 3.86. The van der Waals surface area contributed by atoms with Crippen molar-refractivity contribution in [2.24, 2.45) is 0 Å². The first-order valence-corrected chi connectivity index (χ1v) is 9.79. The minimum Gasteiger partial charge on any atom is -0.375 e. The SMILES string of the molecule is O=C1CCc2c1ccc(OS(=O)(=O)C(F)(F)F)c2C(=O)Sc1ccccc1. The normalized spacial score (nSPS) is 14.1. The molecule has 0 fully saturated rings. The van der Waals surface area contributed by atoms with Gasteiger partial charge in [-0.2, -0.15) is 21.6 Å². The van der Waals surface area contributed by atoms with Crippen molar-refractivity contribution < 1.29 is 35.4 Å². The smallest absolute Gasteiger partial charge is 0.375 e. The van der Waals surface area contributed by atoms with Crippen LogP contribution in [0.2, 0.25) is 0 Å². The molecule has 0 amide bonds. The van der Waals surface area contributed by atoms with Crippen molar-refractivity contribution in [3.05, 3.63) is 59.2 Å². The first-order chi connectivity index (χ1) is 12.6. The van der Waals surface area contributed by atoms with Crippen LogP contribution in [0.4, 0.5) is 13.2 Å². The fourth-order valence-electron chi connectivity index (χ4n) is 2.63. The van der Waals surface area contributed by atoms with Gasteiger partial charge >= 0.3 is 15.6 Å². The quantitative estimate of drug-likeness (QED) is 0.426. The summed E-state index contributed by atoms with van der Waals surface area (Å²) in [6, 6.07) is 10.4. The van der Waals surface area contributed by atoms with Crippen LogP contribution in [0.5, 0.6) is 5.75 Å². The number of rotatable bonds is 4. The molecule has 0 saturated heterocycles. The van der Waals surface area contributed by atoms with Crippen LogP contribution in [0.25, 0.3) is 0 Å². The summed E-state index contributed by atoms with van der Waals surface area (Å²) in [7, 11) is -5.96. The van der Waals surface area contributed by atoms with Crippen molar-refractivity contribution in [1.82, 2.24) is 0 Å². The van der Waals surface area contributed by atoms with Gasteiger partial charge in [-0.05, 0) is 48.0 Å². The van der Waals surface area contributed by atoms with E-state index in [2.05, 4.69) is 4.18 Å². The highest BCUT2D eigenvalue weighted by Gasteiger charge is 2.49. The van der Waals surface area contributed by atoms with Gasteiger partial charge in [-0.15, -0.1) is 0 Å². The summed E-state index contributed by atoms with van der Waals surface area (Å²) in [6.45, 7) is 0. The molecular weight excluding hydrogens is 405 g/mol. The minimum absolute atomic E-state index is 0.0844. The number of ketones is 1. The van der Waals surface area contributed by atoms with Crippen LogP contribution in [0, 0.1) is 0 Å². The van der Waals surface area contributed by atoms with Crippen LogP contribution in [0.3, 0.4) is 0 Å². The highest BCUT2D eigenvalue weighted by molar-refractivity contribution is 8.14. The molecular formula is C17H11F3O5S2. The van der Waals surface area contributed by atoms with Gasteiger partial charge in [-0.25, -0.2) is 0 Å². The second-order valence-electron chi connectivity index (χ2n) is 5.57. The zero-order valence-corrected chi connectivity index (χ0v) is 15.1. The van der Waals surface area contributed by atoms with Crippen molar-refractivity contribution in [3.63, 3.8) is 0 Å². The van der Waals surface area contributed by atoms with Gasteiger partial charge in [0, 0.05) is 16.9 Å². The molecule has 0 heterocycles. The average molecular weight is 416 g/mol. The molecule has 0 unspecified atom stereocenters. The zero-order chi connectivity index (χ0) is 19.8. The molecule has 1 aliphatic rings. The summed E-state index contributed by atoms with van der Waals surface area (Å²) >= 11 is 0.705. The molecule has 0 bridgehead atoms. The Labute approximate surface area is 156 Å². The number of hydrogen-bond donors (Lipinski definition) is 0. The highest BCUT2D eigenvalue weighted by Crippen LogP contribution is 2.38. The first-order valence-electron chi connectivity index (χ1n) is 7.57. The van der Waals surface area contributed by atoms with Gasteiger partial charge < -0.3 is 4.18 Å². The molecule has 142 valence electrons. The fourth-order valence-corrected chi connectivity index (χ4v) is 3.93. The van der Waals surface area contributed by atoms with Crippen molar-refractivity contribution in [2.75, 3.05) is 0 Å². The molecule has 0 N–H and O–H groups in total. The van der Waals surface area contributed by atoms with Gasteiger partial charge in [-0.1, -0.05) is 18.2 Å². The van der Waals surface area contributed by atoms with Crippen LogP contribution in [0.15, 0.2) is 47.4 Å². The van der Waals surface area contributed by atoms with Crippen LogP contribution in [-0.2, 0) is 16.5 Å². The Kier molecular flexibility index (Phi) is 5.04. The van der Waals surface area contributed by atoms with E-state index in [0.717, 1.165) is 6.07 Å². The Hall–Kier alpha value is -2.33. The summed E-state index contributed by atoms with van der Waals surface area (Å²) < 4.78 is 65.0. The molecule has 0 aliphatic heterocycles. The number of thioether (sulfide) groups is 1. The molecule has 2 aromatic rings. The summed E-state index contributed by atoms with van der Waals surface area (Å²) in [6.07, 6.45) is 0.203. The van der Waals surface area contributed by atoms with Gasteiger partial charge in [0.05, 0.1) is 5.56 Å². The van der Waals surface area contributed by atoms with E-state index < -0.39 is 26.5 Å². The highest BCUT2D eigenvalue weighted by atomic mass is 32.2. The van der Waals surface area contributed by atoms with E-state index in [1.165, 1.54) is 6.07 Å². The second-order valence-corrected chi connectivity index (χ2v) is 8.16. The number of carbonyl (C=O) groups is 2. The standard InChI is InChI=1S/C17H11F3O5S2/c18-17(19,20)27(23,24)25-14-9-7-11-12(6-8-13(11)21)15(14)16(22)26-10-4-2-1-3-5-10/h1-5,7,9H,6,8H2. The number of Topliss-reactive ketones (excluding diaryl/α,β-unsaturated/α-hetero) is 1. The van der Waals surface area contributed by atoms with E-state index in [1.807, 2.05) is 0 Å². The van der Waals surface area contributed by atoms with Crippen LogP contribution in [0.1, 0.15) is 32.7 Å². The van der Waals surface area contributed by atoms with Crippen molar-refractivity contribution >= 4 is 32.8 Å². The summed E-state index contributed by atoms with van der Waals surface area (Å²) in [4.78, 5) is 25.1. The predicted molar refractivity (Wildman–Crippen MR) is 91.3 cm³/mol. The Balaban J connectivity index is 2.07. The lowest BCUT2D eigenvalue weighted by molar-refractivity contribution is -0.0500. The van der Waals surface area contributed by atoms with Gasteiger partial charge in [0.15, 0.2) is 11.5 Å². The van der Waals surface area contributed by atoms with E-state index in [-0.39, 0.29) is 35.3 Å². The Bertz CT molecular complexity index is 1010. The molecule has 0 radical (unpaired) electrons. The number of hydrogen-bond acceptors (Lipinski definition) is 6. The second kappa shape index (κ2) is 7.01. The van der Waals surface area contributed by atoms with E-state index in [1.54, 1.807) is 30.3 Å². The molecule has 0 aromatic heterocycles. The average Bonchev–Trinajstić information content (AvgIpc) is 2.95. The molecule has 0 spiro atoms. The molecule has 27 heavy (non-hydrogen) atoms. The zero-order valence-electron chi connectivity index (χ0n) is 13.4. The Morgan fingerprint density at radius 2 is 1.70 bits per heavy atom. The number of alkyl halides is 3. The lowest BCUT2D eigenvalue weighted by atomic mass is 10.0. The summed E-state index contributed by atoms with van der Waals surface area (Å²) in [5, 5.41) is -0.708. The lowest BCUT2D eigenvalue weighted by Crippen LogP contribution is -2.28. The number of halogens is 3. The number of benzene rings is 2. The maximum absolute atomic E-state index is 12.7. The van der Waals surface area contributed by atoms with Crippen LogP contribution < -0.4 is 4.18 Å². The minimum atomic E-state index is -5.96. The Morgan fingerprint density at radius 1 is 1.04 bits per heavy atom. The van der Waals surface area contributed by atoms with E-state index in [0.29, 0.717) is 16.7 Å².